The van der Waals surface area contributed by atoms with Crippen molar-refractivity contribution in [2.24, 2.45) is 0 Å². The van der Waals surface area contributed by atoms with Crippen LogP contribution in [0, 0.1) is 11.6 Å². The standard InChI is InChI=1S/C24H22F2N2O3/c1-16(2)28(27-24(30)17-7-4-3-5-8-17)23(29)15-31-22-12-11-20(26)14-21(22)18-9-6-10-19(25)13-18/h3-14,16H,15H2,1-2H3,(H,27,30). The lowest BCUT2D eigenvalue weighted by Gasteiger charge is -2.27. The first-order valence-corrected chi connectivity index (χ1v) is 9.71. The summed E-state index contributed by atoms with van der Waals surface area (Å²) in [6.45, 7) is 3.10. The highest BCUT2D eigenvalue weighted by Crippen LogP contribution is 2.31. The third-order valence-electron chi connectivity index (χ3n) is 4.47. The molecule has 0 fully saturated rings. The maximum Gasteiger partial charge on any atom is 0.279 e. The summed E-state index contributed by atoms with van der Waals surface area (Å²) in [5.74, 6) is -1.69. The molecule has 0 saturated heterocycles. The molecule has 0 spiro atoms. The summed E-state index contributed by atoms with van der Waals surface area (Å²) in [5, 5.41) is 1.18. The average Bonchev–Trinajstić information content (AvgIpc) is 2.76. The molecule has 7 heteroatoms. The highest BCUT2D eigenvalue weighted by molar-refractivity contribution is 5.95. The molecule has 31 heavy (non-hydrogen) atoms. The highest BCUT2D eigenvalue weighted by atomic mass is 19.1. The monoisotopic (exact) mass is 424 g/mol. The Kier molecular flexibility index (Phi) is 6.97. The van der Waals surface area contributed by atoms with Crippen molar-refractivity contribution >= 4 is 11.8 Å². The number of rotatable bonds is 6. The van der Waals surface area contributed by atoms with Gasteiger partial charge in [0.2, 0.25) is 0 Å². The molecule has 0 aliphatic heterocycles. The molecule has 3 rings (SSSR count). The molecule has 160 valence electrons. The summed E-state index contributed by atoms with van der Waals surface area (Å²) in [6, 6.07) is 17.6. The van der Waals surface area contributed by atoms with Gasteiger partial charge in [0.1, 0.15) is 17.4 Å². The van der Waals surface area contributed by atoms with Gasteiger partial charge in [-0.25, -0.2) is 13.8 Å². The van der Waals surface area contributed by atoms with Crippen LogP contribution in [-0.2, 0) is 4.79 Å². The molecule has 0 unspecified atom stereocenters. The molecule has 0 radical (unpaired) electrons. The van der Waals surface area contributed by atoms with Crippen molar-refractivity contribution in [3.63, 3.8) is 0 Å². The number of carbonyl (C=O) groups excluding carboxylic acids is 2. The van der Waals surface area contributed by atoms with Crippen molar-refractivity contribution in [1.82, 2.24) is 10.4 Å². The Morgan fingerprint density at radius 2 is 1.65 bits per heavy atom. The number of benzene rings is 3. The quantitative estimate of drug-likeness (QED) is 0.589. The first-order valence-electron chi connectivity index (χ1n) is 9.71. The minimum Gasteiger partial charge on any atom is -0.483 e. The van der Waals surface area contributed by atoms with E-state index in [-0.39, 0.29) is 11.8 Å². The van der Waals surface area contributed by atoms with E-state index in [0.717, 1.165) is 0 Å². The van der Waals surface area contributed by atoms with Crippen LogP contribution in [0.4, 0.5) is 8.78 Å². The average molecular weight is 424 g/mol. The molecule has 0 saturated carbocycles. The predicted molar refractivity (Wildman–Crippen MR) is 113 cm³/mol. The molecule has 0 heterocycles. The number of nitrogens with one attached hydrogen (secondary N) is 1. The van der Waals surface area contributed by atoms with Gasteiger partial charge >= 0.3 is 0 Å². The third kappa shape index (κ3) is 5.66. The van der Waals surface area contributed by atoms with E-state index in [4.69, 9.17) is 4.74 Å². The fourth-order valence-corrected chi connectivity index (χ4v) is 2.96. The van der Waals surface area contributed by atoms with Crippen LogP contribution in [0.15, 0.2) is 72.8 Å². The minimum absolute atomic E-state index is 0.221. The van der Waals surface area contributed by atoms with Crippen molar-refractivity contribution in [2.75, 3.05) is 6.61 Å². The zero-order valence-electron chi connectivity index (χ0n) is 17.1. The number of halogens is 2. The van der Waals surface area contributed by atoms with E-state index in [0.29, 0.717) is 16.7 Å². The number of nitrogens with zero attached hydrogens (tertiary/aromatic N) is 1. The number of carbonyl (C=O) groups is 2. The van der Waals surface area contributed by atoms with Crippen molar-refractivity contribution in [2.45, 2.75) is 19.9 Å². The Hall–Kier alpha value is -3.74. The van der Waals surface area contributed by atoms with E-state index >= 15 is 0 Å². The molecule has 0 atom stereocenters. The molecule has 1 N–H and O–H groups in total. The maximum absolute atomic E-state index is 13.8. The van der Waals surface area contributed by atoms with Crippen molar-refractivity contribution < 1.29 is 23.1 Å². The molecule has 0 aromatic heterocycles. The second kappa shape index (κ2) is 9.84. The molecule has 0 bridgehead atoms. The van der Waals surface area contributed by atoms with E-state index in [1.165, 1.54) is 41.4 Å². The maximum atomic E-state index is 13.8. The molecule has 5 nitrogen and oxygen atoms in total. The van der Waals surface area contributed by atoms with Crippen molar-refractivity contribution in [3.05, 3.63) is 90.0 Å². The first kappa shape index (κ1) is 22.0. The molecular formula is C24H22F2N2O3. The second-order valence-electron chi connectivity index (χ2n) is 7.10. The molecular weight excluding hydrogens is 402 g/mol. The van der Waals surface area contributed by atoms with Crippen molar-refractivity contribution in [1.29, 1.82) is 0 Å². The van der Waals surface area contributed by atoms with Crippen LogP contribution >= 0.6 is 0 Å². The Labute approximate surface area is 179 Å². The molecule has 2 amide bonds. The Bertz CT molecular complexity index is 1070. The summed E-state index contributed by atoms with van der Waals surface area (Å²) >= 11 is 0. The van der Waals surface area contributed by atoms with Gasteiger partial charge < -0.3 is 4.74 Å². The largest absolute Gasteiger partial charge is 0.483 e. The zero-order chi connectivity index (χ0) is 22.4. The number of amides is 2. The summed E-state index contributed by atoms with van der Waals surface area (Å²) in [6.07, 6.45) is 0. The van der Waals surface area contributed by atoms with Crippen LogP contribution in [0.25, 0.3) is 11.1 Å². The number of hydrazine groups is 1. The van der Waals surface area contributed by atoms with E-state index in [1.807, 2.05) is 0 Å². The Balaban J connectivity index is 1.75. The van der Waals surface area contributed by atoms with Crippen LogP contribution in [0.5, 0.6) is 5.75 Å². The van der Waals surface area contributed by atoms with Gasteiger partial charge in [-0.05, 0) is 61.9 Å². The molecule has 0 aliphatic carbocycles. The topological polar surface area (TPSA) is 58.6 Å². The fraction of sp³-hybridized carbons (Fsp3) is 0.167. The smallest absolute Gasteiger partial charge is 0.279 e. The number of ether oxygens (including phenoxy) is 1. The lowest BCUT2D eigenvalue weighted by molar-refractivity contribution is -0.137. The fourth-order valence-electron chi connectivity index (χ4n) is 2.96. The van der Waals surface area contributed by atoms with Crippen LogP contribution < -0.4 is 10.2 Å². The first-order chi connectivity index (χ1) is 14.8. The van der Waals surface area contributed by atoms with Gasteiger partial charge in [-0.3, -0.25) is 15.0 Å². The SMILES string of the molecule is CC(C)N(NC(=O)c1ccccc1)C(=O)COc1ccc(F)cc1-c1cccc(F)c1. The zero-order valence-corrected chi connectivity index (χ0v) is 17.1. The van der Waals surface area contributed by atoms with E-state index in [9.17, 15) is 18.4 Å². The van der Waals surface area contributed by atoms with Crippen LogP contribution in [0.3, 0.4) is 0 Å². The van der Waals surface area contributed by atoms with E-state index in [1.54, 1.807) is 50.2 Å². The summed E-state index contributed by atoms with van der Waals surface area (Å²) in [5.41, 5.74) is 3.73. The van der Waals surface area contributed by atoms with Gasteiger partial charge in [-0.15, -0.1) is 0 Å². The Morgan fingerprint density at radius 1 is 0.935 bits per heavy atom. The van der Waals surface area contributed by atoms with Crippen LogP contribution in [-0.4, -0.2) is 29.5 Å². The molecule has 3 aromatic rings. The minimum atomic E-state index is -0.517. The van der Waals surface area contributed by atoms with Crippen molar-refractivity contribution in [3.8, 4) is 16.9 Å². The summed E-state index contributed by atoms with van der Waals surface area (Å²) in [4.78, 5) is 25.2. The number of hydrogen-bond donors (Lipinski definition) is 1. The van der Waals surface area contributed by atoms with E-state index in [2.05, 4.69) is 5.43 Å². The Morgan fingerprint density at radius 3 is 2.32 bits per heavy atom. The lowest BCUT2D eigenvalue weighted by atomic mass is 10.0. The summed E-state index contributed by atoms with van der Waals surface area (Å²) < 4.78 is 33.1. The normalized spacial score (nSPS) is 10.6. The van der Waals surface area contributed by atoms with Gasteiger partial charge in [0, 0.05) is 17.2 Å². The van der Waals surface area contributed by atoms with Crippen LogP contribution in [0.1, 0.15) is 24.2 Å². The van der Waals surface area contributed by atoms with Gasteiger partial charge in [0.05, 0.1) is 0 Å². The number of hydrogen-bond acceptors (Lipinski definition) is 3. The van der Waals surface area contributed by atoms with E-state index < -0.39 is 30.1 Å². The lowest BCUT2D eigenvalue weighted by Crippen LogP contribution is -2.51. The summed E-state index contributed by atoms with van der Waals surface area (Å²) in [7, 11) is 0. The van der Waals surface area contributed by atoms with Gasteiger partial charge in [-0.2, -0.15) is 0 Å². The second-order valence-corrected chi connectivity index (χ2v) is 7.10. The van der Waals surface area contributed by atoms with Gasteiger partial charge in [0.15, 0.2) is 6.61 Å². The molecule has 0 aliphatic rings. The van der Waals surface area contributed by atoms with Gasteiger partial charge in [0.25, 0.3) is 11.8 Å². The van der Waals surface area contributed by atoms with Gasteiger partial charge in [-0.1, -0.05) is 30.3 Å². The third-order valence-corrected chi connectivity index (χ3v) is 4.47. The molecule has 3 aromatic carbocycles. The predicted octanol–water partition coefficient (Wildman–Crippen LogP) is 4.59. The van der Waals surface area contributed by atoms with Crippen LogP contribution in [0.2, 0.25) is 0 Å². The highest BCUT2D eigenvalue weighted by Gasteiger charge is 2.21.